The van der Waals surface area contributed by atoms with E-state index >= 15 is 0 Å². The molecule has 1 rings (SSSR count). The predicted molar refractivity (Wildman–Crippen MR) is 63.2 cm³/mol. The maximum Gasteiger partial charge on any atom is 0.0474 e. The lowest BCUT2D eigenvalue weighted by Gasteiger charge is -1.99. The van der Waals surface area contributed by atoms with Gasteiger partial charge >= 0.3 is 0 Å². The number of hydrogen-bond acceptors (Lipinski definition) is 0. The Morgan fingerprint density at radius 3 is 2.17 bits per heavy atom. The van der Waals surface area contributed by atoms with E-state index in [1.54, 1.807) is 0 Å². The Labute approximate surface area is 92.5 Å². The molecular formula is C10H12ClI. The third-order valence-electron chi connectivity index (χ3n) is 1.78. The van der Waals surface area contributed by atoms with Crippen LogP contribution in [0.3, 0.4) is 0 Å². The first-order valence-electron chi connectivity index (χ1n) is 4.06. The maximum absolute atomic E-state index is 5.68. The average molecular weight is 295 g/mol. The molecule has 0 amide bonds. The highest BCUT2D eigenvalue weighted by Gasteiger charge is 1.92. The first-order valence-corrected chi connectivity index (χ1v) is 6.12. The molecule has 0 unspecified atom stereocenters. The van der Waals surface area contributed by atoms with Gasteiger partial charge in [0.25, 0.3) is 0 Å². The molecule has 0 aliphatic rings. The Bertz CT molecular complexity index is 218. The van der Waals surface area contributed by atoms with Crippen LogP contribution in [0.5, 0.6) is 0 Å². The van der Waals surface area contributed by atoms with Gasteiger partial charge in [0.1, 0.15) is 0 Å². The Kier molecular flexibility index (Phi) is 5.00. The SMILES string of the molecule is ClCc1ccc(CCCI)cc1. The van der Waals surface area contributed by atoms with Crippen LogP contribution < -0.4 is 0 Å². The normalized spacial score (nSPS) is 10.2. The largest absolute Gasteiger partial charge is 0.122 e. The molecule has 0 N–H and O–H groups in total. The summed E-state index contributed by atoms with van der Waals surface area (Å²) in [5.74, 6) is 0.618. The average Bonchev–Trinajstić information content (AvgIpc) is 2.15. The summed E-state index contributed by atoms with van der Waals surface area (Å²) in [5, 5.41) is 0. The van der Waals surface area contributed by atoms with E-state index in [2.05, 4.69) is 46.9 Å². The van der Waals surface area contributed by atoms with Gasteiger partial charge in [-0.15, -0.1) is 11.6 Å². The molecule has 0 aromatic heterocycles. The van der Waals surface area contributed by atoms with E-state index in [4.69, 9.17) is 11.6 Å². The van der Waals surface area contributed by atoms with Crippen LogP contribution in [-0.4, -0.2) is 4.43 Å². The molecule has 0 spiro atoms. The second-order valence-corrected chi connectivity index (χ2v) is 4.09. The Morgan fingerprint density at radius 2 is 1.67 bits per heavy atom. The molecule has 0 radical (unpaired) electrons. The molecule has 1 aromatic rings. The molecule has 1 aromatic carbocycles. The molecule has 12 heavy (non-hydrogen) atoms. The highest BCUT2D eigenvalue weighted by Crippen LogP contribution is 2.09. The molecule has 0 atom stereocenters. The van der Waals surface area contributed by atoms with Crippen molar-refractivity contribution in [3.8, 4) is 0 Å². The summed E-state index contributed by atoms with van der Waals surface area (Å²) in [5.41, 5.74) is 2.62. The number of hydrogen-bond donors (Lipinski definition) is 0. The van der Waals surface area contributed by atoms with Gasteiger partial charge < -0.3 is 0 Å². The fourth-order valence-corrected chi connectivity index (χ4v) is 1.63. The van der Waals surface area contributed by atoms with Crippen LogP contribution in [0.4, 0.5) is 0 Å². The molecule has 2 heteroatoms. The van der Waals surface area contributed by atoms with Crippen molar-refractivity contribution >= 4 is 34.2 Å². The van der Waals surface area contributed by atoms with E-state index in [0.29, 0.717) is 5.88 Å². The van der Waals surface area contributed by atoms with Gasteiger partial charge in [-0.05, 0) is 28.4 Å². The van der Waals surface area contributed by atoms with Crippen LogP contribution in [0.1, 0.15) is 17.5 Å². The van der Waals surface area contributed by atoms with Crippen molar-refractivity contribution in [3.63, 3.8) is 0 Å². The van der Waals surface area contributed by atoms with Crippen LogP contribution in [0, 0.1) is 0 Å². The van der Waals surface area contributed by atoms with Crippen LogP contribution in [0.2, 0.25) is 0 Å². The van der Waals surface area contributed by atoms with Crippen molar-refractivity contribution < 1.29 is 0 Å². The smallest absolute Gasteiger partial charge is 0.0474 e. The lowest BCUT2D eigenvalue weighted by atomic mass is 10.1. The number of benzene rings is 1. The summed E-state index contributed by atoms with van der Waals surface area (Å²) in [7, 11) is 0. The topological polar surface area (TPSA) is 0 Å². The fourth-order valence-electron chi connectivity index (χ4n) is 1.07. The summed E-state index contributed by atoms with van der Waals surface area (Å²) >= 11 is 8.09. The highest BCUT2D eigenvalue weighted by molar-refractivity contribution is 14.1. The molecule has 0 nitrogen and oxygen atoms in total. The minimum atomic E-state index is 0.618. The zero-order chi connectivity index (χ0) is 8.81. The number of rotatable bonds is 4. The summed E-state index contributed by atoms with van der Waals surface area (Å²) < 4.78 is 1.23. The Balaban J connectivity index is 2.53. The van der Waals surface area contributed by atoms with Crippen molar-refractivity contribution in [3.05, 3.63) is 35.4 Å². The van der Waals surface area contributed by atoms with Gasteiger partial charge in [-0.3, -0.25) is 0 Å². The van der Waals surface area contributed by atoms with Gasteiger partial charge in [0.2, 0.25) is 0 Å². The van der Waals surface area contributed by atoms with Crippen molar-refractivity contribution in [2.45, 2.75) is 18.7 Å². The summed E-state index contributed by atoms with van der Waals surface area (Å²) in [4.78, 5) is 0. The third-order valence-corrected chi connectivity index (χ3v) is 2.85. The lowest BCUT2D eigenvalue weighted by molar-refractivity contribution is 0.945. The summed E-state index contributed by atoms with van der Waals surface area (Å²) in [6, 6.07) is 8.55. The van der Waals surface area contributed by atoms with Crippen molar-refractivity contribution in [1.29, 1.82) is 0 Å². The summed E-state index contributed by atoms with van der Waals surface area (Å²) in [6.07, 6.45) is 2.45. The van der Waals surface area contributed by atoms with Crippen molar-refractivity contribution in [2.24, 2.45) is 0 Å². The maximum atomic E-state index is 5.68. The van der Waals surface area contributed by atoms with Crippen LogP contribution in [0.15, 0.2) is 24.3 Å². The Hall–Kier alpha value is 0.240. The van der Waals surface area contributed by atoms with E-state index in [-0.39, 0.29) is 0 Å². The molecule has 0 fully saturated rings. The standard InChI is InChI=1S/C10H12ClI/c11-8-10-5-3-9(4-6-10)2-1-7-12/h3-6H,1-2,7-8H2. The number of alkyl halides is 2. The monoisotopic (exact) mass is 294 g/mol. The molecule has 0 aliphatic heterocycles. The number of aryl methyl sites for hydroxylation is 1. The Morgan fingerprint density at radius 1 is 1.08 bits per heavy atom. The lowest BCUT2D eigenvalue weighted by Crippen LogP contribution is -1.86. The first kappa shape index (κ1) is 10.3. The highest BCUT2D eigenvalue weighted by atomic mass is 127. The fraction of sp³-hybridized carbons (Fsp3) is 0.400. The van der Waals surface area contributed by atoms with E-state index in [1.807, 2.05) is 0 Å². The van der Waals surface area contributed by atoms with E-state index < -0.39 is 0 Å². The van der Waals surface area contributed by atoms with Crippen LogP contribution in [-0.2, 0) is 12.3 Å². The van der Waals surface area contributed by atoms with Gasteiger partial charge in [0.05, 0.1) is 0 Å². The zero-order valence-corrected chi connectivity index (χ0v) is 9.81. The quantitative estimate of drug-likeness (QED) is 0.585. The van der Waals surface area contributed by atoms with Gasteiger partial charge in [0.15, 0.2) is 0 Å². The molecule has 0 heterocycles. The molecule has 0 aliphatic carbocycles. The molecule has 66 valence electrons. The van der Waals surface area contributed by atoms with E-state index in [0.717, 1.165) is 0 Å². The second-order valence-electron chi connectivity index (χ2n) is 2.74. The third kappa shape index (κ3) is 3.31. The van der Waals surface area contributed by atoms with Crippen LogP contribution in [0.25, 0.3) is 0 Å². The van der Waals surface area contributed by atoms with Gasteiger partial charge in [-0.2, -0.15) is 0 Å². The van der Waals surface area contributed by atoms with Crippen molar-refractivity contribution in [2.75, 3.05) is 4.43 Å². The van der Waals surface area contributed by atoms with E-state index in [9.17, 15) is 0 Å². The zero-order valence-electron chi connectivity index (χ0n) is 6.89. The second kappa shape index (κ2) is 5.81. The minimum absolute atomic E-state index is 0.618. The van der Waals surface area contributed by atoms with Gasteiger partial charge in [0, 0.05) is 5.88 Å². The molecule has 0 bridgehead atoms. The molecule has 0 saturated heterocycles. The van der Waals surface area contributed by atoms with Crippen molar-refractivity contribution in [1.82, 2.24) is 0 Å². The van der Waals surface area contributed by atoms with E-state index in [1.165, 1.54) is 28.4 Å². The predicted octanol–water partition coefficient (Wildman–Crippen LogP) is 3.79. The molecule has 0 saturated carbocycles. The summed E-state index contributed by atoms with van der Waals surface area (Å²) in [6.45, 7) is 0. The van der Waals surface area contributed by atoms with Crippen LogP contribution >= 0.6 is 34.2 Å². The number of halogens is 2. The molecular weight excluding hydrogens is 282 g/mol. The van der Waals surface area contributed by atoms with Gasteiger partial charge in [-0.25, -0.2) is 0 Å². The minimum Gasteiger partial charge on any atom is -0.122 e. The first-order chi connectivity index (χ1) is 5.86. The van der Waals surface area contributed by atoms with Gasteiger partial charge in [-0.1, -0.05) is 46.9 Å².